The first-order valence-corrected chi connectivity index (χ1v) is 7.14. The van der Waals surface area contributed by atoms with E-state index in [1.54, 1.807) is 19.2 Å². The zero-order valence-electron chi connectivity index (χ0n) is 11.9. The van der Waals surface area contributed by atoms with Crippen LogP contribution in [-0.4, -0.2) is 36.6 Å². The minimum Gasteiger partial charge on any atom is -0.382 e. The fourth-order valence-corrected chi connectivity index (χ4v) is 3.09. The lowest BCUT2D eigenvalue weighted by Crippen LogP contribution is -2.56. The number of carbonyl (C=O) groups is 1. The maximum absolute atomic E-state index is 11.9. The molecule has 6 heteroatoms. The van der Waals surface area contributed by atoms with Crippen molar-refractivity contribution >= 4 is 17.5 Å². The van der Waals surface area contributed by atoms with Crippen molar-refractivity contribution in [2.75, 3.05) is 20.3 Å². The Hall–Kier alpha value is -1.61. The molecule has 0 bridgehead atoms. The SMILES string of the molecule is COCC1(C(N)=O)CCCN1Cc1ccc(Cl)cc1C#N. The van der Waals surface area contributed by atoms with Gasteiger partial charge in [0.2, 0.25) is 5.91 Å². The van der Waals surface area contributed by atoms with E-state index < -0.39 is 5.54 Å². The van der Waals surface area contributed by atoms with Gasteiger partial charge in [0, 0.05) is 18.7 Å². The predicted molar refractivity (Wildman–Crippen MR) is 79.6 cm³/mol. The van der Waals surface area contributed by atoms with Gasteiger partial charge >= 0.3 is 0 Å². The number of benzene rings is 1. The van der Waals surface area contributed by atoms with E-state index in [2.05, 4.69) is 6.07 Å². The third-order valence-corrected chi connectivity index (χ3v) is 4.25. The fourth-order valence-electron chi connectivity index (χ4n) is 2.91. The zero-order valence-corrected chi connectivity index (χ0v) is 12.7. The number of primary amides is 1. The van der Waals surface area contributed by atoms with Crippen LogP contribution in [0.25, 0.3) is 0 Å². The minimum atomic E-state index is -0.791. The summed E-state index contributed by atoms with van der Waals surface area (Å²) < 4.78 is 5.21. The molecule has 0 saturated carbocycles. The molecular formula is C15H18ClN3O2. The molecule has 1 aliphatic rings. The van der Waals surface area contributed by atoms with E-state index in [9.17, 15) is 10.1 Å². The van der Waals surface area contributed by atoms with E-state index in [0.29, 0.717) is 23.6 Å². The van der Waals surface area contributed by atoms with Crippen molar-refractivity contribution in [1.29, 1.82) is 5.26 Å². The number of nitrogens with two attached hydrogens (primary N) is 1. The molecule has 0 spiro atoms. The van der Waals surface area contributed by atoms with Crippen LogP contribution in [0.15, 0.2) is 18.2 Å². The van der Waals surface area contributed by atoms with E-state index in [1.807, 2.05) is 11.0 Å². The molecule has 1 saturated heterocycles. The van der Waals surface area contributed by atoms with Gasteiger partial charge in [-0.2, -0.15) is 5.26 Å². The van der Waals surface area contributed by atoms with Gasteiger partial charge in [0.15, 0.2) is 0 Å². The monoisotopic (exact) mass is 307 g/mol. The molecule has 0 aliphatic carbocycles. The van der Waals surface area contributed by atoms with Gasteiger partial charge in [-0.05, 0) is 37.1 Å². The third kappa shape index (κ3) is 3.03. The maximum atomic E-state index is 11.9. The molecule has 1 aromatic carbocycles. The summed E-state index contributed by atoms with van der Waals surface area (Å²) in [6.45, 7) is 1.49. The van der Waals surface area contributed by atoms with Gasteiger partial charge in [-0.1, -0.05) is 17.7 Å². The summed E-state index contributed by atoms with van der Waals surface area (Å²) in [5.74, 6) is -0.380. The van der Waals surface area contributed by atoms with E-state index >= 15 is 0 Å². The number of methoxy groups -OCH3 is 1. The molecule has 21 heavy (non-hydrogen) atoms. The summed E-state index contributed by atoms with van der Waals surface area (Å²) in [6.07, 6.45) is 1.55. The first-order valence-electron chi connectivity index (χ1n) is 6.76. The van der Waals surface area contributed by atoms with Crippen LogP contribution in [-0.2, 0) is 16.1 Å². The Morgan fingerprint density at radius 1 is 1.62 bits per heavy atom. The lowest BCUT2D eigenvalue weighted by molar-refractivity contribution is -0.132. The molecule has 112 valence electrons. The van der Waals surface area contributed by atoms with E-state index in [4.69, 9.17) is 22.1 Å². The highest BCUT2D eigenvalue weighted by atomic mass is 35.5. The standard InChI is InChI=1S/C15H18ClN3O2/c1-21-10-15(14(18)20)5-2-6-19(15)9-11-3-4-13(16)7-12(11)8-17/h3-4,7H,2,5-6,9-10H2,1H3,(H2,18,20). The molecule has 2 N–H and O–H groups in total. The fraction of sp³-hybridized carbons (Fsp3) is 0.467. The van der Waals surface area contributed by atoms with Crippen LogP contribution >= 0.6 is 11.6 Å². The molecule has 1 heterocycles. The second-order valence-electron chi connectivity index (χ2n) is 5.27. The number of likely N-dealkylation sites (tertiary alicyclic amines) is 1. The van der Waals surface area contributed by atoms with Crippen LogP contribution in [0.4, 0.5) is 0 Å². The van der Waals surface area contributed by atoms with E-state index in [-0.39, 0.29) is 12.5 Å². The number of rotatable bonds is 5. The lowest BCUT2D eigenvalue weighted by atomic mass is 9.95. The van der Waals surface area contributed by atoms with Crippen LogP contribution in [0.1, 0.15) is 24.0 Å². The average molecular weight is 308 g/mol. The first-order chi connectivity index (χ1) is 10.0. The highest BCUT2D eigenvalue weighted by Crippen LogP contribution is 2.32. The Balaban J connectivity index is 2.30. The summed E-state index contributed by atoms with van der Waals surface area (Å²) in [6, 6.07) is 7.34. The molecule has 1 aliphatic heterocycles. The highest BCUT2D eigenvalue weighted by molar-refractivity contribution is 6.30. The number of ether oxygens (including phenoxy) is 1. The van der Waals surface area contributed by atoms with E-state index in [1.165, 1.54) is 0 Å². The summed E-state index contributed by atoms with van der Waals surface area (Å²) in [5, 5.41) is 9.74. The van der Waals surface area contributed by atoms with Crippen LogP contribution in [0.2, 0.25) is 5.02 Å². The van der Waals surface area contributed by atoms with Gasteiger partial charge < -0.3 is 10.5 Å². The quantitative estimate of drug-likeness (QED) is 0.897. The van der Waals surface area contributed by atoms with Crippen LogP contribution in [0.3, 0.4) is 0 Å². The zero-order chi connectivity index (χ0) is 15.5. The topological polar surface area (TPSA) is 79.3 Å². The second-order valence-corrected chi connectivity index (χ2v) is 5.70. The number of hydrogen-bond acceptors (Lipinski definition) is 4. The molecule has 1 aromatic rings. The first kappa shape index (κ1) is 15.8. The average Bonchev–Trinajstić information content (AvgIpc) is 2.85. The maximum Gasteiger partial charge on any atom is 0.240 e. The number of nitriles is 1. The lowest BCUT2D eigenvalue weighted by Gasteiger charge is -2.35. The molecule has 0 aromatic heterocycles. The van der Waals surface area contributed by atoms with Gasteiger partial charge in [-0.15, -0.1) is 0 Å². The number of halogens is 1. The normalized spacial score (nSPS) is 22.1. The number of amides is 1. The van der Waals surface area contributed by atoms with Gasteiger partial charge in [0.1, 0.15) is 5.54 Å². The molecule has 1 unspecified atom stereocenters. The molecule has 0 radical (unpaired) electrons. The van der Waals surface area contributed by atoms with Crippen molar-refractivity contribution < 1.29 is 9.53 Å². The molecule has 1 fully saturated rings. The minimum absolute atomic E-state index is 0.262. The van der Waals surface area contributed by atoms with Crippen molar-refractivity contribution in [1.82, 2.24) is 4.90 Å². The Morgan fingerprint density at radius 3 is 3.00 bits per heavy atom. The number of carbonyl (C=O) groups excluding carboxylic acids is 1. The van der Waals surface area contributed by atoms with Crippen molar-refractivity contribution in [3.8, 4) is 6.07 Å². The van der Waals surface area contributed by atoms with Crippen molar-refractivity contribution in [3.63, 3.8) is 0 Å². The Bertz CT molecular complexity index is 585. The Labute approximate surface area is 129 Å². The highest BCUT2D eigenvalue weighted by Gasteiger charge is 2.46. The Morgan fingerprint density at radius 2 is 2.38 bits per heavy atom. The predicted octanol–water partition coefficient (Wildman–Crippen LogP) is 1.68. The van der Waals surface area contributed by atoms with Crippen LogP contribution in [0, 0.1) is 11.3 Å². The summed E-state index contributed by atoms with van der Waals surface area (Å²) in [7, 11) is 1.56. The number of hydrogen-bond donors (Lipinski definition) is 1. The van der Waals surface area contributed by atoms with Crippen LogP contribution in [0.5, 0.6) is 0 Å². The molecular weight excluding hydrogens is 290 g/mol. The van der Waals surface area contributed by atoms with Gasteiger partial charge in [-0.3, -0.25) is 9.69 Å². The molecule has 1 atom stereocenters. The summed E-state index contributed by atoms with van der Waals surface area (Å²) >= 11 is 5.91. The number of nitrogens with zero attached hydrogens (tertiary/aromatic N) is 2. The molecule has 2 rings (SSSR count). The Kier molecular flexibility index (Phi) is 4.84. The largest absolute Gasteiger partial charge is 0.382 e. The summed E-state index contributed by atoms with van der Waals surface area (Å²) in [5.41, 5.74) is 6.18. The smallest absolute Gasteiger partial charge is 0.240 e. The van der Waals surface area contributed by atoms with Crippen molar-refractivity contribution in [2.45, 2.75) is 24.9 Å². The van der Waals surface area contributed by atoms with Gasteiger partial charge in [0.25, 0.3) is 0 Å². The van der Waals surface area contributed by atoms with Gasteiger partial charge in [0.05, 0.1) is 18.2 Å². The summed E-state index contributed by atoms with van der Waals surface area (Å²) in [4.78, 5) is 13.9. The van der Waals surface area contributed by atoms with Gasteiger partial charge in [-0.25, -0.2) is 0 Å². The van der Waals surface area contributed by atoms with Crippen molar-refractivity contribution in [2.24, 2.45) is 5.73 Å². The second kappa shape index (κ2) is 6.44. The van der Waals surface area contributed by atoms with Crippen LogP contribution < -0.4 is 5.73 Å². The molecule has 1 amide bonds. The molecule has 5 nitrogen and oxygen atoms in total. The third-order valence-electron chi connectivity index (χ3n) is 4.02. The van der Waals surface area contributed by atoms with E-state index in [0.717, 1.165) is 18.5 Å². The van der Waals surface area contributed by atoms with Crippen molar-refractivity contribution in [3.05, 3.63) is 34.3 Å².